The molecule has 0 spiro atoms. The van der Waals surface area contributed by atoms with E-state index in [-0.39, 0.29) is 5.78 Å². The number of carbonyl (C=O) groups excluding carboxylic acids is 1. The first-order valence-electron chi connectivity index (χ1n) is 6.01. The molecule has 0 saturated carbocycles. The van der Waals surface area contributed by atoms with E-state index in [9.17, 15) is 4.79 Å². The van der Waals surface area contributed by atoms with Crippen LogP contribution in [-0.4, -0.2) is 5.78 Å². The first-order valence-corrected chi connectivity index (χ1v) is 7.20. The standard InChI is InChI=1S/C15H15ClOS/c1-2-14-7-8-15(18-14)10-13(17)9-11-3-5-12(16)6-4-11/h3-8H,2,9-10H2,1H3. The zero-order chi connectivity index (χ0) is 13.0. The summed E-state index contributed by atoms with van der Waals surface area (Å²) in [7, 11) is 0. The van der Waals surface area contributed by atoms with Crippen molar-refractivity contribution in [1.29, 1.82) is 0 Å². The van der Waals surface area contributed by atoms with Gasteiger partial charge in [0.2, 0.25) is 0 Å². The lowest BCUT2D eigenvalue weighted by molar-refractivity contribution is -0.117. The Labute approximate surface area is 116 Å². The van der Waals surface area contributed by atoms with Crippen molar-refractivity contribution >= 4 is 28.7 Å². The van der Waals surface area contributed by atoms with E-state index >= 15 is 0 Å². The van der Waals surface area contributed by atoms with Gasteiger partial charge in [-0.1, -0.05) is 30.7 Å². The summed E-state index contributed by atoms with van der Waals surface area (Å²) < 4.78 is 0. The van der Waals surface area contributed by atoms with Gasteiger partial charge < -0.3 is 0 Å². The van der Waals surface area contributed by atoms with Crippen molar-refractivity contribution in [3.05, 3.63) is 56.7 Å². The summed E-state index contributed by atoms with van der Waals surface area (Å²) in [5.74, 6) is 0.252. The molecule has 2 rings (SSSR count). The summed E-state index contributed by atoms with van der Waals surface area (Å²) >= 11 is 7.55. The van der Waals surface area contributed by atoms with Crippen LogP contribution < -0.4 is 0 Å². The first kappa shape index (κ1) is 13.3. The molecule has 0 unspecified atom stereocenters. The maximum atomic E-state index is 11.9. The molecule has 0 bridgehead atoms. The van der Waals surface area contributed by atoms with Crippen LogP contribution in [-0.2, 0) is 24.1 Å². The van der Waals surface area contributed by atoms with E-state index in [4.69, 9.17) is 11.6 Å². The van der Waals surface area contributed by atoms with E-state index in [0.717, 1.165) is 16.9 Å². The number of ketones is 1. The summed E-state index contributed by atoms with van der Waals surface area (Å²) in [6.07, 6.45) is 2.06. The molecule has 0 radical (unpaired) electrons. The highest BCUT2D eigenvalue weighted by atomic mass is 35.5. The molecule has 0 N–H and O–H groups in total. The number of carbonyl (C=O) groups is 1. The molecule has 1 aromatic carbocycles. The minimum Gasteiger partial charge on any atom is -0.299 e. The molecule has 1 heterocycles. The highest BCUT2D eigenvalue weighted by molar-refractivity contribution is 7.12. The topological polar surface area (TPSA) is 17.1 Å². The number of halogens is 1. The van der Waals surface area contributed by atoms with Crippen LogP contribution in [0.4, 0.5) is 0 Å². The molecular formula is C15H15ClOS. The molecule has 0 fully saturated rings. The summed E-state index contributed by atoms with van der Waals surface area (Å²) in [5.41, 5.74) is 1.02. The molecule has 2 aromatic rings. The maximum Gasteiger partial charge on any atom is 0.142 e. The van der Waals surface area contributed by atoms with Gasteiger partial charge in [0.1, 0.15) is 5.78 Å². The average molecular weight is 279 g/mol. The molecule has 3 heteroatoms. The second kappa shape index (κ2) is 6.17. The van der Waals surface area contributed by atoms with Crippen molar-refractivity contribution in [1.82, 2.24) is 0 Å². The molecule has 94 valence electrons. The number of benzene rings is 1. The molecular weight excluding hydrogens is 264 g/mol. The second-order valence-corrected chi connectivity index (χ2v) is 5.93. The van der Waals surface area contributed by atoms with E-state index in [2.05, 4.69) is 19.1 Å². The predicted octanol–water partition coefficient (Wildman–Crippen LogP) is 4.32. The molecule has 0 aliphatic carbocycles. The zero-order valence-corrected chi connectivity index (χ0v) is 11.9. The highest BCUT2D eigenvalue weighted by Crippen LogP contribution is 2.18. The van der Waals surface area contributed by atoms with Crippen molar-refractivity contribution in [2.45, 2.75) is 26.2 Å². The van der Waals surface area contributed by atoms with Crippen LogP contribution in [0.2, 0.25) is 5.02 Å². The third kappa shape index (κ3) is 3.69. The van der Waals surface area contributed by atoms with Gasteiger partial charge in [-0.05, 0) is 36.2 Å². The van der Waals surface area contributed by atoms with E-state index in [0.29, 0.717) is 17.9 Å². The van der Waals surface area contributed by atoms with Crippen LogP contribution in [0.1, 0.15) is 22.2 Å². The Balaban J connectivity index is 1.94. The van der Waals surface area contributed by atoms with Gasteiger partial charge in [-0.2, -0.15) is 0 Å². The third-order valence-corrected chi connectivity index (χ3v) is 4.23. The Morgan fingerprint density at radius 3 is 2.33 bits per heavy atom. The molecule has 1 nitrogen and oxygen atoms in total. The van der Waals surface area contributed by atoms with Crippen molar-refractivity contribution in [3.8, 4) is 0 Å². The van der Waals surface area contributed by atoms with Crippen molar-refractivity contribution < 1.29 is 4.79 Å². The van der Waals surface area contributed by atoms with E-state index in [1.807, 2.05) is 24.3 Å². The van der Waals surface area contributed by atoms with Gasteiger partial charge in [0.05, 0.1) is 0 Å². The van der Waals surface area contributed by atoms with Gasteiger partial charge in [-0.25, -0.2) is 0 Å². The Kier molecular flexibility index (Phi) is 4.56. The molecule has 18 heavy (non-hydrogen) atoms. The molecule has 0 aliphatic rings. The molecule has 0 aliphatic heterocycles. The summed E-state index contributed by atoms with van der Waals surface area (Å²) in [6.45, 7) is 2.13. The van der Waals surface area contributed by atoms with Gasteiger partial charge in [0.15, 0.2) is 0 Å². The van der Waals surface area contributed by atoms with Gasteiger partial charge in [0, 0.05) is 27.6 Å². The molecule has 0 saturated heterocycles. The maximum absolute atomic E-state index is 11.9. The monoisotopic (exact) mass is 278 g/mol. The van der Waals surface area contributed by atoms with Crippen LogP contribution in [0.3, 0.4) is 0 Å². The minimum absolute atomic E-state index is 0.252. The fourth-order valence-corrected chi connectivity index (χ4v) is 2.91. The van der Waals surface area contributed by atoms with E-state index < -0.39 is 0 Å². The van der Waals surface area contributed by atoms with E-state index in [1.54, 1.807) is 11.3 Å². The van der Waals surface area contributed by atoms with Crippen LogP contribution in [0, 0.1) is 0 Å². The summed E-state index contributed by atoms with van der Waals surface area (Å²) in [6, 6.07) is 11.6. The highest BCUT2D eigenvalue weighted by Gasteiger charge is 2.07. The number of hydrogen-bond donors (Lipinski definition) is 0. The molecule has 0 amide bonds. The Morgan fingerprint density at radius 1 is 1.06 bits per heavy atom. The van der Waals surface area contributed by atoms with E-state index in [1.165, 1.54) is 4.88 Å². The minimum atomic E-state index is 0.252. The zero-order valence-electron chi connectivity index (χ0n) is 10.3. The van der Waals surface area contributed by atoms with Crippen LogP contribution in [0.5, 0.6) is 0 Å². The normalized spacial score (nSPS) is 10.6. The number of thiophene rings is 1. The van der Waals surface area contributed by atoms with Gasteiger partial charge in [-0.3, -0.25) is 4.79 Å². The van der Waals surface area contributed by atoms with Crippen LogP contribution >= 0.6 is 22.9 Å². The SMILES string of the molecule is CCc1ccc(CC(=O)Cc2ccc(Cl)cc2)s1. The Bertz CT molecular complexity index is 528. The van der Waals surface area contributed by atoms with Crippen LogP contribution in [0.25, 0.3) is 0 Å². The molecule has 1 aromatic heterocycles. The molecule has 0 atom stereocenters. The number of rotatable bonds is 5. The number of Topliss-reactive ketones (excluding diaryl/α,β-unsaturated/α-hetero) is 1. The Hall–Kier alpha value is -1.12. The van der Waals surface area contributed by atoms with Gasteiger partial charge in [-0.15, -0.1) is 11.3 Å². The third-order valence-electron chi connectivity index (χ3n) is 2.75. The summed E-state index contributed by atoms with van der Waals surface area (Å²) in [5, 5.41) is 0.706. The van der Waals surface area contributed by atoms with Crippen LogP contribution in [0.15, 0.2) is 36.4 Å². The predicted molar refractivity (Wildman–Crippen MR) is 77.6 cm³/mol. The number of aryl methyl sites for hydroxylation is 1. The fraction of sp³-hybridized carbons (Fsp3) is 0.267. The Morgan fingerprint density at radius 2 is 1.72 bits per heavy atom. The van der Waals surface area contributed by atoms with Gasteiger partial charge in [0.25, 0.3) is 0 Å². The lowest BCUT2D eigenvalue weighted by Gasteiger charge is -2.00. The average Bonchev–Trinajstić information content (AvgIpc) is 2.79. The fourth-order valence-electron chi connectivity index (χ4n) is 1.79. The largest absolute Gasteiger partial charge is 0.299 e. The van der Waals surface area contributed by atoms with Crippen molar-refractivity contribution in [2.24, 2.45) is 0 Å². The van der Waals surface area contributed by atoms with Gasteiger partial charge >= 0.3 is 0 Å². The quantitative estimate of drug-likeness (QED) is 0.796. The number of hydrogen-bond acceptors (Lipinski definition) is 2. The second-order valence-electron chi connectivity index (χ2n) is 4.24. The smallest absolute Gasteiger partial charge is 0.142 e. The lowest BCUT2D eigenvalue weighted by Crippen LogP contribution is -2.05. The summed E-state index contributed by atoms with van der Waals surface area (Å²) in [4.78, 5) is 14.4. The lowest BCUT2D eigenvalue weighted by atomic mass is 10.1. The first-order chi connectivity index (χ1) is 8.67. The van der Waals surface area contributed by atoms with Crippen molar-refractivity contribution in [3.63, 3.8) is 0 Å². The van der Waals surface area contributed by atoms with Crippen molar-refractivity contribution in [2.75, 3.05) is 0 Å².